The number of aryl methyl sites for hydroxylation is 1. The van der Waals surface area contributed by atoms with Crippen LogP contribution in [0.15, 0.2) is 47.5 Å². The third-order valence-corrected chi connectivity index (χ3v) is 6.18. The van der Waals surface area contributed by atoms with Crippen LogP contribution < -0.4 is 15.8 Å². The minimum Gasteiger partial charge on any atom is -0.382 e. The smallest absolute Gasteiger partial charge is 0.278 e. The summed E-state index contributed by atoms with van der Waals surface area (Å²) in [6.07, 6.45) is 1.50. The van der Waals surface area contributed by atoms with Crippen molar-refractivity contribution in [3.63, 3.8) is 0 Å². The summed E-state index contributed by atoms with van der Waals surface area (Å²) in [7, 11) is -3.95. The van der Waals surface area contributed by atoms with E-state index < -0.39 is 21.8 Å². The lowest BCUT2D eigenvalue weighted by molar-refractivity contribution is -0.117. The Morgan fingerprint density at radius 3 is 2.38 bits per heavy atom. The Hall–Kier alpha value is -3.31. The molecule has 29 heavy (non-hydrogen) atoms. The monoisotopic (exact) mass is 431 g/mol. The van der Waals surface area contributed by atoms with E-state index in [1.807, 2.05) is 23.8 Å². The number of aromatic nitrogens is 2. The molecule has 0 atom stereocenters. The van der Waals surface area contributed by atoms with Gasteiger partial charge in [-0.15, -0.1) is 11.3 Å². The third-order valence-electron chi connectivity index (χ3n) is 3.71. The SMILES string of the molecule is CC(=O)NS(=O)(=O)c1ccc(NC(=O)c2nc(-c3ccc(C)s3)cnc2N)cc1. The van der Waals surface area contributed by atoms with Crippen molar-refractivity contribution in [2.24, 2.45) is 0 Å². The molecule has 0 aliphatic carbocycles. The Balaban J connectivity index is 1.81. The summed E-state index contributed by atoms with van der Waals surface area (Å²) in [6, 6.07) is 9.14. The number of nitrogens with zero attached hydrogens (tertiary/aromatic N) is 2. The number of rotatable bonds is 5. The zero-order valence-corrected chi connectivity index (χ0v) is 17.1. The maximum absolute atomic E-state index is 12.6. The zero-order valence-electron chi connectivity index (χ0n) is 15.5. The fourth-order valence-electron chi connectivity index (χ4n) is 2.41. The van der Waals surface area contributed by atoms with Crippen molar-refractivity contribution >= 4 is 44.7 Å². The van der Waals surface area contributed by atoms with Crippen molar-refractivity contribution in [1.82, 2.24) is 14.7 Å². The highest BCUT2D eigenvalue weighted by molar-refractivity contribution is 7.90. The van der Waals surface area contributed by atoms with Crippen molar-refractivity contribution in [2.45, 2.75) is 18.7 Å². The van der Waals surface area contributed by atoms with Gasteiger partial charge in [0.25, 0.3) is 15.9 Å². The first-order valence-corrected chi connectivity index (χ1v) is 10.6. The second-order valence-corrected chi connectivity index (χ2v) is 9.01. The van der Waals surface area contributed by atoms with Gasteiger partial charge < -0.3 is 11.1 Å². The summed E-state index contributed by atoms with van der Waals surface area (Å²) in [4.78, 5) is 33.8. The Morgan fingerprint density at radius 1 is 1.10 bits per heavy atom. The van der Waals surface area contributed by atoms with Crippen LogP contribution in [0.4, 0.5) is 11.5 Å². The van der Waals surface area contributed by atoms with Gasteiger partial charge in [0.2, 0.25) is 5.91 Å². The summed E-state index contributed by atoms with van der Waals surface area (Å²) >= 11 is 1.52. The first-order valence-electron chi connectivity index (χ1n) is 8.30. The second-order valence-electron chi connectivity index (χ2n) is 6.04. The number of hydrogen-bond donors (Lipinski definition) is 3. The van der Waals surface area contributed by atoms with Crippen molar-refractivity contribution < 1.29 is 18.0 Å². The summed E-state index contributed by atoms with van der Waals surface area (Å²) < 4.78 is 25.8. The number of benzene rings is 1. The molecule has 1 aromatic carbocycles. The number of nitrogens with two attached hydrogens (primary N) is 1. The Morgan fingerprint density at radius 2 is 1.79 bits per heavy atom. The van der Waals surface area contributed by atoms with Gasteiger partial charge in [0.15, 0.2) is 11.5 Å². The highest BCUT2D eigenvalue weighted by atomic mass is 32.2. The first kappa shape index (κ1) is 20.4. The molecule has 9 nitrogen and oxygen atoms in total. The van der Waals surface area contributed by atoms with E-state index in [9.17, 15) is 18.0 Å². The van der Waals surface area contributed by atoms with E-state index in [4.69, 9.17) is 5.73 Å². The number of nitrogens with one attached hydrogen (secondary N) is 2. The van der Waals surface area contributed by atoms with Gasteiger partial charge in [-0.05, 0) is 43.3 Å². The molecule has 2 aromatic heterocycles. The Labute approximate surface area is 171 Å². The fourth-order valence-corrected chi connectivity index (χ4v) is 4.22. The number of hydrogen-bond acceptors (Lipinski definition) is 8. The molecule has 3 aromatic rings. The van der Waals surface area contributed by atoms with Gasteiger partial charge in [0.1, 0.15) is 0 Å². The maximum Gasteiger partial charge on any atom is 0.278 e. The molecule has 2 heterocycles. The van der Waals surface area contributed by atoms with Crippen molar-refractivity contribution in [2.75, 3.05) is 11.1 Å². The van der Waals surface area contributed by atoms with Crippen LogP contribution in [0.1, 0.15) is 22.3 Å². The molecule has 0 aliphatic rings. The summed E-state index contributed by atoms with van der Waals surface area (Å²) in [5.41, 5.74) is 6.62. The van der Waals surface area contributed by atoms with E-state index in [0.29, 0.717) is 11.4 Å². The molecule has 0 saturated carbocycles. The van der Waals surface area contributed by atoms with Gasteiger partial charge in [-0.1, -0.05) is 0 Å². The molecule has 3 rings (SSSR count). The van der Waals surface area contributed by atoms with Crippen LogP contribution in [-0.2, 0) is 14.8 Å². The third kappa shape index (κ3) is 4.76. The van der Waals surface area contributed by atoms with Crippen LogP contribution in [0.25, 0.3) is 10.6 Å². The molecule has 11 heteroatoms. The number of sulfonamides is 1. The van der Waals surface area contributed by atoms with E-state index in [1.165, 1.54) is 41.8 Å². The highest BCUT2D eigenvalue weighted by Gasteiger charge is 2.18. The molecule has 0 unspecified atom stereocenters. The summed E-state index contributed by atoms with van der Waals surface area (Å²) in [5, 5.41) is 2.60. The minimum absolute atomic E-state index is 0.0237. The highest BCUT2D eigenvalue weighted by Crippen LogP contribution is 2.26. The van der Waals surface area contributed by atoms with Gasteiger partial charge in [0.05, 0.1) is 21.7 Å². The lowest BCUT2D eigenvalue weighted by Gasteiger charge is -2.09. The first-order chi connectivity index (χ1) is 13.7. The molecule has 150 valence electrons. The number of thiophene rings is 1. The number of carbonyl (C=O) groups excluding carboxylic acids is 2. The number of amides is 2. The molecule has 0 aliphatic heterocycles. The van der Waals surface area contributed by atoms with Gasteiger partial charge in [-0.2, -0.15) is 0 Å². The zero-order chi connectivity index (χ0) is 21.2. The predicted molar refractivity (Wildman–Crippen MR) is 110 cm³/mol. The lowest BCUT2D eigenvalue weighted by Crippen LogP contribution is -2.28. The lowest BCUT2D eigenvalue weighted by atomic mass is 10.3. The molecule has 0 saturated heterocycles. The molecule has 0 radical (unpaired) electrons. The van der Waals surface area contributed by atoms with Crippen molar-refractivity contribution in [3.8, 4) is 10.6 Å². The summed E-state index contributed by atoms with van der Waals surface area (Å²) in [6.45, 7) is 3.06. The molecule has 4 N–H and O–H groups in total. The fraction of sp³-hybridized carbons (Fsp3) is 0.111. The Bertz CT molecular complexity index is 1190. The summed E-state index contributed by atoms with van der Waals surface area (Å²) in [5.74, 6) is -1.30. The number of anilines is 2. The second kappa shape index (κ2) is 7.97. The van der Waals surface area contributed by atoms with E-state index >= 15 is 0 Å². The average Bonchev–Trinajstić information content (AvgIpc) is 3.08. The largest absolute Gasteiger partial charge is 0.382 e. The van der Waals surface area contributed by atoms with Crippen LogP contribution in [0.5, 0.6) is 0 Å². The van der Waals surface area contributed by atoms with E-state index in [1.54, 1.807) is 0 Å². The van der Waals surface area contributed by atoms with Crippen LogP contribution in [0.3, 0.4) is 0 Å². The van der Waals surface area contributed by atoms with Gasteiger partial charge >= 0.3 is 0 Å². The topological polar surface area (TPSA) is 144 Å². The van der Waals surface area contributed by atoms with Gasteiger partial charge in [-0.3, -0.25) is 9.59 Å². The molecular weight excluding hydrogens is 414 g/mol. The molecule has 0 spiro atoms. The van der Waals surface area contributed by atoms with Crippen LogP contribution in [0, 0.1) is 6.92 Å². The Kier molecular flexibility index (Phi) is 5.62. The van der Waals surface area contributed by atoms with Gasteiger partial charge in [0, 0.05) is 17.5 Å². The van der Waals surface area contributed by atoms with Crippen molar-refractivity contribution in [1.29, 1.82) is 0 Å². The van der Waals surface area contributed by atoms with Crippen LogP contribution >= 0.6 is 11.3 Å². The van der Waals surface area contributed by atoms with Crippen molar-refractivity contribution in [3.05, 3.63) is 53.2 Å². The number of nitrogen functional groups attached to an aromatic ring is 1. The molecule has 0 bridgehead atoms. The minimum atomic E-state index is -3.95. The van der Waals surface area contributed by atoms with E-state index in [-0.39, 0.29) is 16.4 Å². The molecular formula is C18H17N5O4S2. The van der Waals surface area contributed by atoms with Crippen LogP contribution in [0.2, 0.25) is 0 Å². The van der Waals surface area contributed by atoms with Gasteiger partial charge in [-0.25, -0.2) is 23.1 Å². The maximum atomic E-state index is 12.6. The molecule has 0 fully saturated rings. The van der Waals surface area contributed by atoms with Crippen LogP contribution in [-0.4, -0.2) is 30.2 Å². The average molecular weight is 431 g/mol. The predicted octanol–water partition coefficient (Wildman–Crippen LogP) is 2.17. The molecule has 2 amide bonds. The standard InChI is InChI=1S/C18H17N5O4S2/c1-10-3-8-15(28-10)14-9-20-17(19)16(22-14)18(25)21-12-4-6-13(7-5-12)29(26,27)23-11(2)24/h3-9H,1-2H3,(H2,19,20)(H,21,25)(H,23,24). The van der Waals surface area contributed by atoms with E-state index in [2.05, 4.69) is 15.3 Å². The number of carbonyl (C=O) groups is 2. The normalized spacial score (nSPS) is 11.1. The quantitative estimate of drug-likeness (QED) is 0.561. The van der Waals surface area contributed by atoms with E-state index in [0.717, 1.165) is 16.7 Å².